The fraction of sp³-hybridized carbons (Fsp3) is 0.909. The molecule has 0 unspecified atom stereocenters. The van der Waals surface area contributed by atoms with Crippen LogP contribution in [0.1, 0.15) is 33.1 Å². The second-order valence-corrected chi connectivity index (χ2v) is 4.53. The molecule has 1 heterocycles. The van der Waals surface area contributed by atoms with E-state index in [2.05, 4.69) is 5.32 Å². The van der Waals surface area contributed by atoms with Crippen molar-refractivity contribution < 1.29 is 9.90 Å². The largest absolute Gasteiger partial charge is 0.336 e. The maximum absolute atomic E-state index is 11.6. The van der Waals surface area contributed by atoms with Gasteiger partial charge in [0.1, 0.15) is 0 Å². The molecular formula is C11H21N2O2. The number of nitrogens with zero attached hydrogens (tertiary/aromatic N) is 1. The minimum atomic E-state index is 0.0167. The van der Waals surface area contributed by atoms with Crippen molar-refractivity contribution in [2.45, 2.75) is 39.2 Å². The van der Waals surface area contributed by atoms with Gasteiger partial charge in [-0.2, -0.15) is 0 Å². The molecule has 0 atom stereocenters. The van der Waals surface area contributed by atoms with Gasteiger partial charge in [-0.1, -0.05) is 0 Å². The topological polar surface area (TPSA) is 52.2 Å². The van der Waals surface area contributed by atoms with E-state index in [4.69, 9.17) is 0 Å². The summed E-state index contributed by atoms with van der Waals surface area (Å²) in [7, 11) is 0. The standard InChI is InChI=1S/C11H21N2O2/c1-9(2)12-11(15)13-6-3-10(4-7-13)5-8-14/h9-10H,3-8H2,1-2H3,(H,12,15). The van der Waals surface area contributed by atoms with Gasteiger partial charge in [0.15, 0.2) is 0 Å². The predicted molar refractivity (Wildman–Crippen MR) is 58.1 cm³/mol. The van der Waals surface area contributed by atoms with E-state index in [1.807, 2.05) is 18.7 Å². The van der Waals surface area contributed by atoms with Gasteiger partial charge >= 0.3 is 6.03 Å². The lowest BCUT2D eigenvalue weighted by molar-refractivity contribution is 0.134. The molecule has 0 saturated carbocycles. The molecule has 0 aromatic heterocycles. The third-order valence-electron chi connectivity index (χ3n) is 2.84. The molecule has 1 aliphatic heterocycles. The van der Waals surface area contributed by atoms with Crippen LogP contribution in [0.3, 0.4) is 0 Å². The summed E-state index contributed by atoms with van der Waals surface area (Å²) in [5.41, 5.74) is 0. The molecule has 2 amide bonds. The number of urea groups is 1. The Morgan fingerprint density at radius 2 is 2.00 bits per heavy atom. The molecule has 1 aliphatic rings. The zero-order valence-electron chi connectivity index (χ0n) is 9.66. The normalized spacial score (nSPS) is 18.3. The number of nitrogens with one attached hydrogen (secondary N) is 1. The summed E-state index contributed by atoms with van der Waals surface area (Å²) < 4.78 is 0. The monoisotopic (exact) mass is 213 g/mol. The van der Waals surface area contributed by atoms with Crippen LogP contribution in [0.25, 0.3) is 0 Å². The zero-order chi connectivity index (χ0) is 11.3. The number of hydrogen-bond acceptors (Lipinski definition) is 1. The fourth-order valence-electron chi connectivity index (χ4n) is 1.93. The van der Waals surface area contributed by atoms with Crippen molar-refractivity contribution in [2.75, 3.05) is 19.7 Å². The Kier molecular flexibility index (Phi) is 4.88. The third kappa shape index (κ3) is 4.08. The van der Waals surface area contributed by atoms with Gasteiger partial charge < -0.3 is 10.2 Å². The Bertz CT molecular complexity index is 199. The highest BCUT2D eigenvalue weighted by molar-refractivity contribution is 5.74. The molecule has 87 valence electrons. The summed E-state index contributed by atoms with van der Waals surface area (Å²) in [4.78, 5) is 13.5. The van der Waals surface area contributed by atoms with E-state index < -0.39 is 0 Å². The molecule has 1 N–H and O–H groups in total. The molecule has 1 radical (unpaired) electrons. The average molecular weight is 213 g/mol. The molecule has 1 fully saturated rings. The SMILES string of the molecule is CC(C)NC(=O)N1CCC(CC[O])CC1. The average Bonchev–Trinajstić information content (AvgIpc) is 2.18. The Balaban J connectivity index is 2.27. The molecule has 4 heteroatoms. The summed E-state index contributed by atoms with van der Waals surface area (Å²) in [5.74, 6) is 0.533. The third-order valence-corrected chi connectivity index (χ3v) is 2.84. The van der Waals surface area contributed by atoms with Crippen molar-refractivity contribution in [1.29, 1.82) is 0 Å². The van der Waals surface area contributed by atoms with E-state index in [9.17, 15) is 9.90 Å². The van der Waals surface area contributed by atoms with Crippen LogP contribution in [0.5, 0.6) is 0 Å². The van der Waals surface area contributed by atoms with E-state index in [0.29, 0.717) is 5.92 Å². The number of rotatable bonds is 3. The van der Waals surface area contributed by atoms with Crippen LogP contribution >= 0.6 is 0 Å². The second-order valence-electron chi connectivity index (χ2n) is 4.53. The number of hydrogen-bond donors (Lipinski definition) is 1. The van der Waals surface area contributed by atoms with Crippen molar-refractivity contribution in [3.63, 3.8) is 0 Å². The minimum absolute atomic E-state index is 0.0167. The lowest BCUT2D eigenvalue weighted by atomic mass is 9.94. The molecule has 1 saturated heterocycles. The molecule has 0 bridgehead atoms. The lowest BCUT2D eigenvalue weighted by Gasteiger charge is -2.32. The molecular weight excluding hydrogens is 192 g/mol. The quantitative estimate of drug-likeness (QED) is 0.761. The molecule has 0 spiro atoms. The highest BCUT2D eigenvalue weighted by atomic mass is 16.3. The van der Waals surface area contributed by atoms with E-state index in [-0.39, 0.29) is 18.7 Å². The first kappa shape index (κ1) is 12.3. The number of amides is 2. The van der Waals surface area contributed by atoms with E-state index in [1.54, 1.807) is 0 Å². The number of piperidine rings is 1. The molecule has 0 aliphatic carbocycles. The Morgan fingerprint density at radius 3 is 2.47 bits per heavy atom. The second kappa shape index (κ2) is 5.95. The maximum Gasteiger partial charge on any atom is 0.317 e. The van der Waals surface area contributed by atoms with Gasteiger partial charge in [0.05, 0.1) is 6.61 Å². The number of likely N-dealkylation sites (tertiary alicyclic amines) is 1. The molecule has 0 aromatic carbocycles. The first-order chi connectivity index (χ1) is 7.13. The Morgan fingerprint density at radius 1 is 1.40 bits per heavy atom. The van der Waals surface area contributed by atoms with Crippen molar-refractivity contribution in [3.8, 4) is 0 Å². The van der Waals surface area contributed by atoms with Crippen LogP contribution in [0.4, 0.5) is 4.79 Å². The van der Waals surface area contributed by atoms with Gasteiger partial charge in [-0.15, -0.1) is 0 Å². The van der Waals surface area contributed by atoms with Crippen LogP contribution < -0.4 is 5.32 Å². The molecule has 4 nitrogen and oxygen atoms in total. The summed E-state index contributed by atoms with van der Waals surface area (Å²) in [6.45, 7) is 5.53. The van der Waals surface area contributed by atoms with Gasteiger partial charge in [0, 0.05) is 19.1 Å². The van der Waals surface area contributed by atoms with Gasteiger partial charge in [0.25, 0.3) is 0 Å². The van der Waals surface area contributed by atoms with Crippen LogP contribution in [0.2, 0.25) is 0 Å². The van der Waals surface area contributed by atoms with Gasteiger partial charge in [-0.05, 0) is 39.0 Å². The number of carbonyl (C=O) groups excluding carboxylic acids is 1. The van der Waals surface area contributed by atoms with Crippen LogP contribution in [0, 0.1) is 5.92 Å². The maximum atomic E-state index is 11.6. The van der Waals surface area contributed by atoms with Crippen molar-refractivity contribution in [2.24, 2.45) is 5.92 Å². The summed E-state index contributed by atoms with van der Waals surface area (Å²) in [6, 6.07) is 0.224. The van der Waals surface area contributed by atoms with Crippen molar-refractivity contribution in [1.82, 2.24) is 10.2 Å². The van der Waals surface area contributed by atoms with Gasteiger partial charge in [-0.3, -0.25) is 0 Å². The fourth-order valence-corrected chi connectivity index (χ4v) is 1.93. The summed E-state index contributed by atoms with van der Waals surface area (Å²) in [5, 5.41) is 13.4. The smallest absolute Gasteiger partial charge is 0.317 e. The van der Waals surface area contributed by atoms with Gasteiger partial charge in [0.2, 0.25) is 0 Å². The van der Waals surface area contributed by atoms with Crippen LogP contribution in [-0.2, 0) is 5.11 Å². The minimum Gasteiger partial charge on any atom is -0.336 e. The van der Waals surface area contributed by atoms with E-state index >= 15 is 0 Å². The van der Waals surface area contributed by atoms with Gasteiger partial charge in [-0.25, -0.2) is 9.90 Å². The van der Waals surface area contributed by atoms with E-state index in [1.165, 1.54) is 0 Å². The predicted octanol–water partition coefficient (Wildman–Crippen LogP) is 1.64. The first-order valence-corrected chi connectivity index (χ1v) is 5.77. The summed E-state index contributed by atoms with van der Waals surface area (Å²) in [6.07, 6.45) is 2.72. The highest BCUT2D eigenvalue weighted by Crippen LogP contribution is 2.19. The lowest BCUT2D eigenvalue weighted by Crippen LogP contribution is -2.46. The van der Waals surface area contributed by atoms with Crippen LogP contribution in [-0.4, -0.2) is 36.7 Å². The molecule has 1 rings (SSSR count). The number of carbonyl (C=O) groups is 1. The highest BCUT2D eigenvalue weighted by Gasteiger charge is 2.22. The van der Waals surface area contributed by atoms with E-state index in [0.717, 1.165) is 32.4 Å². The summed E-state index contributed by atoms with van der Waals surface area (Å²) >= 11 is 0. The molecule has 0 aromatic rings. The van der Waals surface area contributed by atoms with Crippen LogP contribution in [0.15, 0.2) is 0 Å². The Hall–Kier alpha value is -0.770. The zero-order valence-corrected chi connectivity index (χ0v) is 9.66. The Labute approximate surface area is 91.6 Å². The van der Waals surface area contributed by atoms with Crippen molar-refractivity contribution >= 4 is 6.03 Å². The van der Waals surface area contributed by atoms with Crippen molar-refractivity contribution in [3.05, 3.63) is 0 Å². The first-order valence-electron chi connectivity index (χ1n) is 5.77. The molecule has 15 heavy (non-hydrogen) atoms.